The van der Waals surface area contributed by atoms with Gasteiger partial charge < -0.3 is 10.1 Å². The van der Waals surface area contributed by atoms with Crippen LogP contribution in [0.3, 0.4) is 0 Å². The molecule has 1 unspecified atom stereocenters. The smallest absolute Gasteiger partial charge is 0.133 e. The van der Waals surface area contributed by atoms with E-state index < -0.39 is 0 Å². The Balaban J connectivity index is 2.10. The van der Waals surface area contributed by atoms with E-state index in [1.807, 2.05) is 0 Å². The van der Waals surface area contributed by atoms with Gasteiger partial charge in [-0.05, 0) is 26.7 Å². The van der Waals surface area contributed by atoms with Gasteiger partial charge in [-0.1, -0.05) is 6.92 Å². The minimum atomic E-state index is 0.395. The van der Waals surface area contributed by atoms with Crippen molar-refractivity contribution in [3.8, 4) is 0 Å². The molecule has 0 radical (unpaired) electrons. The number of ether oxygens (including phenoxy) is 1. The van der Waals surface area contributed by atoms with Crippen LogP contribution in [0, 0.1) is 6.92 Å². The monoisotopic (exact) mass is 281 g/mol. The summed E-state index contributed by atoms with van der Waals surface area (Å²) in [6.07, 6.45) is 3.63. The molecule has 0 aliphatic carbocycles. The molecule has 0 bridgehead atoms. The molecule has 5 heteroatoms. The number of nitrogens with zero attached hydrogens (tertiary/aromatic N) is 2. The Labute approximate surface area is 119 Å². The number of hydrogen-bond donors (Lipinski definition) is 1. The van der Waals surface area contributed by atoms with Crippen LogP contribution in [-0.4, -0.2) is 35.0 Å². The first kappa shape index (κ1) is 14.6. The first-order valence-corrected chi connectivity index (χ1v) is 8.09. The fourth-order valence-corrected chi connectivity index (χ4v) is 3.22. The molecule has 0 saturated carbocycles. The van der Waals surface area contributed by atoms with Gasteiger partial charge in [0.15, 0.2) is 0 Å². The quantitative estimate of drug-likeness (QED) is 0.641. The Hall–Kier alpha value is -0.810. The third kappa shape index (κ3) is 3.83. The molecule has 1 saturated heterocycles. The fourth-order valence-electron chi connectivity index (χ4n) is 2.13. The predicted octanol–water partition coefficient (Wildman–Crippen LogP) is 3.05. The average Bonchev–Trinajstić information content (AvgIpc) is 2.93. The molecule has 0 aromatic carbocycles. The van der Waals surface area contributed by atoms with Gasteiger partial charge in [-0.2, -0.15) is 0 Å². The summed E-state index contributed by atoms with van der Waals surface area (Å²) in [5.41, 5.74) is 1.15. The van der Waals surface area contributed by atoms with Crippen molar-refractivity contribution in [1.82, 2.24) is 9.97 Å². The summed E-state index contributed by atoms with van der Waals surface area (Å²) in [6, 6.07) is 0. The highest BCUT2D eigenvalue weighted by molar-refractivity contribution is 7.99. The standard InChI is InChI=1S/C14H23N3OS/c1-4-12-16-13(15-5-2)10(3)14(17-12)19-9-11-7-6-8-18-11/h11H,4-9H2,1-3H3,(H,15,16,17). The van der Waals surface area contributed by atoms with Crippen LogP contribution >= 0.6 is 11.8 Å². The van der Waals surface area contributed by atoms with Crippen molar-refractivity contribution >= 4 is 17.6 Å². The van der Waals surface area contributed by atoms with Crippen molar-refractivity contribution in [2.24, 2.45) is 0 Å². The maximum atomic E-state index is 5.67. The van der Waals surface area contributed by atoms with Gasteiger partial charge >= 0.3 is 0 Å². The maximum Gasteiger partial charge on any atom is 0.133 e. The Morgan fingerprint density at radius 3 is 2.84 bits per heavy atom. The molecule has 1 aliphatic rings. The molecule has 1 fully saturated rings. The number of rotatable bonds is 6. The molecule has 1 aliphatic heterocycles. The van der Waals surface area contributed by atoms with Crippen LogP contribution in [0.15, 0.2) is 5.03 Å². The number of aryl methyl sites for hydroxylation is 1. The topological polar surface area (TPSA) is 47.0 Å². The molecule has 2 rings (SSSR count). The lowest BCUT2D eigenvalue weighted by Crippen LogP contribution is -2.10. The number of thioether (sulfide) groups is 1. The molecule has 0 amide bonds. The lowest BCUT2D eigenvalue weighted by Gasteiger charge is -2.14. The summed E-state index contributed by atoms with van der Waals surface area (Å²) in [6.45, 7) is 8.07. The van der Waals surface area contributed by atoms with Crippen molar-refractivity contribution in [3.63, 3.8) is 0 Å². The zero-order valence-electron chi connectivity index (χ0n) is 12.0. The second-order valence-electron chi connectivity index (χ2n) is 4.75. The SMILES string of the molecule is CCNc1nc(CC)nc(SCC2CCCO2)c1C. The van der Waals surface area contributed by atoms with E-state index in [1.54, 1.807) is 11.8 Å². The Morgan fingerprint density at radius 1 is 1.37 bits per heavy atom. The number of hydrogen-bond acceptors (Lipinski definition) is 5. The first-order valence-electron chi connectivity index (χ1n) is 7.10. The largest absolute Gasteiger partial charge is 0.377 e. The molecule has 19 heavy (non-hydrogen) atoms. The van der Waals surface area contributed by atoms with Gasteiger partial charge in [0.2, 0.25) is 0 Å². The van der Waals surface area contributed by atoms with E-state index in [0.717, 1.165) is 47.6 Å². The first-order chi connectivity index (χ1) is 9.24. The molecule has 2 heterocycles. The van der Waals surface area contributed by atoms with Crippen molar-refractivity contribution in [1.29, 1.82) is 0 Å². The highest BCUT2D eigenvalue weighted by Gasteiger charge is 2.17. The van der Waals surface area contributed by atoms with Gasteiger partial charge in [0.1, 0.15) is 16.7 Å². The van der Waals surface area contributed by atoms with Gasteiger partial charge in [-0.15, -0.1) is 11.8 Å². The van der Waals surface area contributed by atoms with E-state index in [9.17, 15) is 0 Å². The van der Waals surface area contributed by atoms with Gasteiger partial charge in [0.25, 0.3) is 0 Å². The van der Waals surface area contributed by atoms with Crippen molar-refractivity contribution < 1.29 is 4.74 Å². The summed E-state index contributed by atoms with van der Waals surface area (Å²) < 4.78 is 5.67. The van der Waals surface area contributed by atoms with Crippen LogP contribution in [-0.2, 0) is 11.2 Å². The minimum absolute atomic E-state index is 0.395. The number of aromatic nitrogens is 2. The Bertz CT molecular complexity index is 419. The minimum Gasteiger partial charge on any atom is -0.377 e. The van der Waals surface area contributed by atoms with Crippen molar-refractivity contribution in [2.75, 3.05) is 24.2 Å². The lowest BCUT2D eigenvalue weighted by atomic mass is 10.3. The predicted molar refractivity (Wildman–Crippen MR) is 80.0 cm³/mol. The molecule has 1 atom stereocenters. The third-order valence-corrected chi connectivity index (χ3v) is 4.45. The van der Waals surface area contributed by atoms with Crippen LogP contribution in [0.5, 0.6) is 0 Å². The van der Waals surface area contributed by atoms with Crippen LogP contribution in [0.2, 0.25) is 0 Å². The molecule has 106 valence electrons. The maximum absolute atomic E-state index is 5.67. The summed E-state index contributed by atoms with van der Waals surface area (Å²) >= 11 is 1.80. The number of anilines is 1. The zero-order valence-corrected chi connectivity index (χ0v) is 12.8. The molecule has 1 N–H and O–H groups in total. The van der Waals surface area contributed by atoms with Crippen molar-refractivity contribution in [3.05, 3.63) is 11.4 Å². The summed E-state index contributed by atoms with van der Waals surface area (Å²) in [7, 11) is 0. The summed E-state index contributed by atoms with van der Waals surface area (Å²) in [5, 5.41) is 4.42. The van der Waals surface area contributed by atoms with Crippen LogP contribution in [0.25, 0.3) is 0 Å². The Kier molecular flexibility index (Phi) is 5.45. The van der Waals surface area contributed by atoms with Gasteiger partial charge in [0.05, 0.1) is 6.10 Å². The lowest BCUT2D eigenvalue weighted by molar-refractivity contribution is 0.129. The zero-order chi connectivity index (χ0) is 13.7. The summed E-state index contributed by atoms with van der Waals surface area (Å²) in [4.78, 5) is 9.21. The molecule has 1 aromatic heterocycles. The van der Waals surface area contributed by atoms with Gasteiger partial charge in [-0.25, -0.2) is 9.97 Å². The average molecular weight is 281 g/mol. The number of nitrogens with one attached hydrogen (secondary N) is 1. The second-order valence-corrected chi connectivity index (χ2v) is 5.76. The fraction of sp³-hybridized carbons (Fsp3) is 0.714. The van der Waals surface area contributed by atoms with Crippen LogP contribution < -0.4 is 5.32 Å². The highest BCUT2D eigenvalue weighted by Crippen LogP contribution is 2.28. The molecular formula is C14H23N3OS. The molecule has 0 spiro atoms. The van der Waals surface area contributed by atoms with Crippen LogP contribution in [0.1, 0.15) is 38.1 Å². The van der Waals surface area contributed by atoms with Gasteiger partial charge in [-0.3, -0.25) is 0 Å². The van der Waals surface area contributed by atoms with Gasteiger partial charge in [0, 0.05) is 30.9 Å². The molecular weight excluding hydrogens is 258 g/mol. The highest BCUT2D eigenvalue weighted by atomic mass is 32.2. The van der Waals surface area contributed by atoms with E-state index in [1.165, 1.54) is 12.8 Å². The molecule has 4 nitrogen and oxygen atoms in total. The van der Waals surface area contributed by atoms with Crippen LogP contribution in [0.4, 0.5) is 5.82 Å². The van der Waals surface area contributed by atoms with E-state index in [4.69, 9.17) is 4.74 Å². The summed E-state index contributed by atoms with van der Waals surface area (Å²) in [5.74, 6) is 2.88. The molecule has 1 aromatic rings. The second kappa shape index (κ2) is 7.10. The normalized spacial score (nSPS) is 18.8. The Morgan fingerprint density at radius 2 is 2.21 bits per heavy atom. The van der Waals surface area contributed by atoms with Crippen molar-refractivity contribution in [2.45, 2.75) is 51.2 Å². The van der Waals surface area contributed by atoms with E-state index in [0.29, 0.717) is 6.10 Å². The third-order valence-electron chi connectivity index (χ3n) is 3.24. The van der Waals surface area contributed by atoms with E-state index >= 15 is 0 Å². The van der Waals surface area contributed by atoms with E-state index in [-0.39, 0.29) is 0 Å². The van der Waals surface area contributed by atoms with E-state index in [2.05, 4.69) is 36.1 Å².